The number of aldehydes is 1. The van der Waals surface area contributed by atoms with Crippen molar-refractivity contribution in [2.75, 3.05) is 0 Å². The van der Waals surface area contributed by atoms with Crippen LogP contribution in [0.3, 0.4) is 0 Å². The fourth-order valence-corrected chi connectivity index (χ4v) is 3.71. The maximum Gasteiger partial charge on any atom is 0.135 e. The van der Waals surface area contributed by atoms with Crippen LogP contribution >= 0.6 is 0 Å². The molecule has 0 saturated heterocycles. The molecule has 0 radical (unpaired) electrons. The lowest BCUT2D eigenvalue weighted by Crippen LogP contribution is -1.88. The molecule has 0 bridgehead atoms. The van der Waals surface area contributed by atoms with E-state index in [1.54, 1.807) is 0 Å². The van der Waals surface area contributed by atoms with Gasteiger partial charge in [-0.15, -0.1) is 0 Å². The lowest BCUT2D eigenvalue weighted by molar-refractivity contribution is -0.107. The predicted octanol–water partition coefficient (Wildman–Crippen LogP) is 6.52. The summed E-state index contributed by atoms with van der Waals surface area (Å²) in [6, 6.07) is 23.1. The van der Waals surface area contributed by atoms with Crippen LogP contribution < -0.4 is 0 Å². The molecule has 0 aliphatic carbocycles. The lowest BCUT2D eigenvalue weighted by Gasteiger charge is -2.10. The Balaban J connectivity index is 1.74. The molecule has 1 aromatic heterocycles. The van der Waals surface area contributed by atoms with E-state index in [2.05, 4.69) is 68.4 Å². The standard InChI is InChI=1S/C25H22O2/c1-17-6-3-7-18(2)25(17)21-10-4-9-20(15-21)24-16-22-14-19(8-5-13-26)11-12-23(22)27-24/h3-4,6-7,9-16H,5,8H2,1-2H3. The van der Waals surface area contributed by atoms with Crippen molar-refractivity contribution in [3.63, 3.8) is 0 Å². The van der Waals surface area contributed by atoms with E-state index in [0.29, 0.717) is 6.42 Å². The van der Waals surface area contributed by atoms with Gasteiger partial charge in [0, 0.05) is 17.4 Å². The highest BCUT2D eigenvalue weighted by Crippen LogP contribution is 2.33. The zero-order valence-corrected chi connectivity index (χ0v) is 15.7. The Morgan fingerprint density at radius 2 is 1.59 bits per heavy atom. The summed E-state index contributed by atoms with van der Waals surface area (Å²) in [5, 5.41) is 1.07. The van der Waals surface area contributed by atoms with Gasteiger partial charge in [-0.25, -0.2) is 0 Å². The minimum atomic E-state index is 0.550. The van der Waals surface area contributed by atoms with Crippen molar-refractivity contribution >= 4 is 17.3 Å². The first kappa shape index (κ1) is 17.3. The zero-order chi connectivity index (χ0) is 18.8. The van der Waals surface area contributed by atoms with Gasteiger partial charge < -0.3 is 9.21 Å². The monoisotopic (exact) mass is 354 g/mol. The first-order valence-corrected chi connectivity index (χ1v) is 9.29. The second kappa shape index (κ2) is 7.24. The summed E-state index contributed by atoms with van der Waals surface area (Å²) in [5.41, 5.74) is 8.14. The fraction of sp³-hybridized carbons (Fsp3) is 0.160. The van der Waals surface area contributed by atoms with Gasteiger partial charge >= 0.3 is 0 Å². The summed E-state index contributed by atoms with van der Waals surface area (Å²) in [4.78, 5) is 10.6. The van der Waals surface area contributed by atoms with Gasteiger partial charge in [0.05, 0.1) is 0 Å². The maximum atomic E-state index is 10.6. The third-order valence-corrected chi connectivity index (χ3v) is 5.05. The lowest BCUT2D eigenvalue weighted by atomic mass is 9.94. The summed E-state index contributed by atoms with van der Waals surface area (Å²) in [6.07, 6.45) is 2.28. The molecule has 0 spiro atoms. The Labute approximate surface area is 159 Å². The molecule has 0 aliphatic heterocycles. The Kier molecular flexibility index (Phi) is 4.64. The van der Waals surface area contributed by atoms with Crippen LogP contribution in [-0.2, 0) is 11.2 Å². The van der Waals surface area contributed by atoms with Crippen molar-refractivity contribution in [3.8, 4) is 22.5 Å². The average molecular weight is 354 g/mol. The minimum Gasteiger partial charge on any atom is -0.456 e. The number of carbonyl (C=O) groups is 1. The molecule has 0 fully saturated rings. The van der Waals surface area contributed by atoms with Gasteiger partial charge in [-0.1, -0.05) is 42.5 Å². The Morgan fingerprint density at radius 3 is 2.37 bits per heavy atom. The van der Waals surface area contributed by atoms with Crippen LogP contribution in [0.2, 0.25) is 0 Å². The van der Waals surface area contributed by atoms with E-state index in [4.69, 9.17) is 4.42 Å². The Bertz CT molecular complexity index is 1100. The van der Waals surface area contributed by atoms with E-state index in [1.807, 2.05) is 12.1 Å². The van der Waals surface area contributed by atoms with Gasteiger partial charge in [0.15, 0.2) is 0 Å². The third-order valence-electron chi connectivity index (χ3n) is 5.05. The average Bonchev–Trinajstić information content (AvgIpc) is 3.10. The first-order valence-electron chi connectivity index (χ1n) is 9.29. The highest BCUT2D eigenvalue weighted by atomic mass is 16.3. The summed E-state index contributed by atoms with van der Waals surface area (Å²) < 4.78 is 6.10. The summed E-state index contributed by atoms with van der Waals surface area (Å²) in [6.45, 7) is 4.30. The number of carbonyl (C=O) groups excluding carboxylic acids is 1. The van der Waals surface area contributed by atoms with Crippen LogP contribution in [0.15, 0.2) is 71.1 Å². The number of benzene rings is 3. The molecular formula is C25H22O2. The second-order valence-electron chi connectivity index (χ2n) is 7.04. The molecule has 3 aromatic carbocycles. The van der Waals surface area contributed by atoms with Gasteiger partial charge in [-0.3, -0.25) is 0 Å². The molecular weight excluding hydrogens is 332 g/mol. The van der Waals surface area contributed by atoms with E-state index in [-0.39, 0.29) is 0 Å². The largest absolute Gasteiger partial charge is 0.456 e. The highest BCUT2D eigenvalue weighted by Gasteiger charge is 2.10. The van der Waals surface area contributed by atoms with Gasteiger partial charge in [-0.2, -0.15) is 0 Å². The van der Waals surface area contributed by atoms with Crippen LogP contribution in [0.4, 0.5) is 0 Å². The number of hydrogen-bond acceptors (Lipinski definition) is 2. The van der Waals surface area contributed by atoms with Crippen molar-refractivity contribution in [1.82, 2.24) is 0 Å². The number of furan rings is 1. The van der Waals surface area contributed by atoms with Crippen molar-refractivity contribution in [2.24, 2.45) is 0 Å². The summed E-state index contributed by atoms with van der Waals surface area (Å²) in [5.74, 6) is 0.866. The van der Waals surface area contributed by atoms with Gasteiger partial charge in [0.2, 0.25) is 0 Å². The molecule has 0 atom stereocenters. The number of rotatable bonds is 5. The molecule has 2 heteroatoms. The SMILES string of the molecule is Cc1cccc(C)c1-c1cccc(-c2cc3cc(CCC=O)ccc3o2)c1. The van der Waals surface area contributed by atoms with Crippen LogP contribution in [0.5, 0.6) is 0 Å². The Hall–Kier alpha value is -3.13. The normalized spacial score (nSPS) is 11.0. The molecule has 0 saturated carbocycles. The molecule has 134 valence electrons. The van der Waals surface area contributed by atoms with Gasteiger partial charge in [-0.05, 0) is 72.4 Å². The number of fused-ring (bicyclic) bond motifs is 1. The number of hydrogen-bond donors (Lipinski definition) is 0. The molecule has 1 heterocycles. The smallest absolute Gasteiger partial charge is 0.135 e. The molecule has 0 amide bonds. The predicted molar refractivity (Wildman–Crippen MR) is 111 cm³/mol. The van der Waals surface area contributed by atoms with Crippen molar-refractivity contribution in [3.05, 3.63) is 83.4 Å². The molecule has 0 unspecified atom stereocenters. The summed E-state index contributed by atoms with van der Waals surface area (Å²) in [7, 11) is 0. The Morgan fingerprint density at radius 1 is 0.852 bits per heavy atom. The molecule has 0 N–H and O–H groups in total. The highest BCUT2D eigenvalue weighted by molar-refractivity contribution is 5.84. The first-order chi connectivity index (χ1) is 13.2. The van der Waals surface area contributed by atoms with Crippen LogP contribution in [0.1, 0.15) is 23.1 Å². The van der Waals surface area contributed by atoms with E-state index < -0.39 is 0 Å². The molecule has 4 aromatic rings. The molecule has 2 nitrogen and oxygen atoms in total. The van der Waals surface area contributed by atoms with Crippen LogP contribution in [-0.4, -0.2) is 6.29 Å². The summed E-state index contributed by atoms with van der Waals surface area (Å²) >= 11 is 0. The van der Waals surface area contributed by atoms with E-state index in [1.165, 1.54) is 22.3 Å². The van der Waals surface area contributed by atoms with Crippen LogP contribution in [0.25, 0.3) is 33.4 Å². The van der Waals surface area contributed by atoms with Crippen LogP contribution in [0, 0.1) is 13.8 Å². The molecule has 4 rings (SSSR count). The van der Waals surface area contributed by atoms with Crippen molar-refractivity contribution in [1.29, 1.82) is 0 Å². The molecule has 0 aliphatic rings. The topological polar surface area (TPSA) is 30.2 Å². The number of aryl methyl sites for hydroxylation is 3. The van der Waals surface area contributed by atoms with E-state index in [9.17, 15) is 4.79 Å². The van der Waals surface area contributed by atoms with Crippen molar-refractivity contribution in [2.45, 2.75) is 26.7 Å². The maximum absolute atomic E-state index is 10.6. The third kappa shape index (κ3) is 3.43. The zero-order valence-electron chi connectivity index (χ0n) is 15.7. The quantitative estimate of drug-likeness (QED) is 0.382. The minimum absolute atomic E-state index is 0.550. The second-order valence-corrected chi connectivity index (χ2v) is 7.04. The molecule has 27 heavy (non-hydrogen) atoms. The van der Waals surface area contributed by atoms with Gasteiger partial charge in [0.25, 0.3) is 0 Å². The van der Waals surface area contributed by atoms with Gasteiger partial charge in [0.1, 0.15) is 17.6 Å². The fourth-order valence-electron chi connectivity index (χ4n) is 3.71. The van der Waals surface area contributed by atoms with Crippen molar-refractivity contribution < 1.29 is 9.21 Å². The van der Waals surface area contributed by atoms with E-state index in [0.717, 1.165) is 40.6 Å². The van der Waals surface area contributed by atoms with E-state index >= 15 is 0 Å².